The number of hydrogen-bond donors (Lipinski definition) is 1. The van der Waals surface area contributed by atoms with Gasteiger partial charge in [-0.25, -0.2) is 0 Å². The number of nitrogens with zero attached hydrogens (tertiary/aromatic N) is 2. The van der Waals surface area contributed by atoms with E-state index in [9.17, 15) is 19.5 Å². The van der Waals surface area contributed by atoms with Crippen molar-refractivity contribution in [2.24, 2.45) is 23.2 Å². The minimum absolute atomic E-state index is 0.00379. The number of amides is 2. The Bertz CT molecular complexity index is 1000. The third-order valence-electron chi connectivity index (χ3n) is 8.83. The number of hydrogen-bond acceptors (Lipinski definition) is 6. The fourth-order valence-electron chi connectivity index (χ4n) is 7.30. The van der Waals surface area contributed by atoms with E-state index in [2.05, 4.69) is 40.7 Å². The maximum absolute atomic E-state index is 14.7. The number of ether oxygens (including phenoxy) is 1. The summed E-state index contributed by atoms with van der Waals surface area (Å²) in [7, 11) is 0. The van der Waals surface area contributed by atoms with Crippen LogP contribution < -0.4 is 0 Å². The van der Waals surface area contributed by atoms with Crippen LogP contribution >= 0.6 is 11.8 Å². The predicted molar refractivity (Wildman–Crippen MR) is 150 cm³/mol. The molecule has 0 aromatic rings. The van der Waals surface area contributed by atoms with Gasteiger partial charge in [-0.1, -0.05) is 65.3 Å². The Hall–Kier alpha value is -1.80. The largest absolute Gasteiger partial charge is 0.465 e. The van der Waals surface area contributed by atoms with Crippen LogP contribution in [0, 0.1) is 23.2 Å². The zero-order valence-electron chi connectivity index (χ0n) is 24.1. The molecule has 4 aliphatic heterocycles. The van der Waals surface area contributed by atoms with Crippen LogP contribution in [0.2, 0.25) is 0 Å². The van der Waals surface area contributed by atoms with Gasteiger partial charge in [-0.05, 0) is 44.4 Å². The molecular formula is C30H46N2O5S. The summed E-state index contributed by atoms with van der Waals surface area (Å²) in [5.41, 5.74) is -0.457. The van der Waals surface area contributed by atoms with Gasteiger partial charge in [-0.2, -0.15) is 0 Å². The summed E-state index contributed by atoms with van der Waals surface area (Å²) in [5, 5.41) is 10.3. The molecule has 7 nitrogen and oxygen atoms in total. The van der Waals surface area contributed by atoms with Gasteiger partial charge < -0.3 is 19.6 Å². The lowest BCUT2D eigenvalue weighted by molar-refractivity contribution is -0.154. The highest BCUT2D eigenvalue weighted by Gasteiger charge is 2.72. The Morgan fingerprint density at radius 3 is 2.50 bits per heavy atom. The molecule has 0 bridgehead atoms. The highest BCUT2D eigenvalue weighted by molar-refractivity contribution is 8.02. The first-order chi connectivity index (χ1) is 17.8. The molecule has 2 amide bonds. The van der Waals surface area contributed by atoms with E-state index in [0.717, 1.165) is 25.7 Å². The highest BCUT2D eigenvalue weighted by atomic mass is 32.2. The van der Waals surface area contributed by atoms with Crippen LogP contribution in [-0.4, -0.2) is 80.1 Å². The van der Waals surface area contributed by atoms with E-state index in [1.54, 1.807) is 16.7 Å². The SMILES string of the molecule is CC[C@H](C)[C@H](CO)N1C(=O)[C@@H]2[C@@H]3C(=O)OCCC/C=C\[C@@H]3S[C@@]23C=CCN(C(C)(C)CC(C)(C)C)C(=O)C13. The summed E-state index contributed by atoms with van der Waals surface area (Å²) in [5.74, 6) is -2.07. The van der Waals surface area contributed by atoms with Crippen molar-refractivity contribution in [1.29, 1.82) is 0 Å². The van der Waals surface area contributed by atoms with Gasteiger partial charge in [0.15, 0.2) is 0 Å². The number of aliphatic hydroxyl groups excluding tert-OH is 1. The molecule has 4 heterocycles. The van der Waals surface area contributed by atoms with E-state index >= 15 is 0 Å². The molecule has 0 radical (unpaired) electrons. The first kappa shape index (κ1) is 29.2. The van der Waals surface area contributed by atoms with E-state index in [0.29, 0.717) is 13.2 Å². The molecule has 0 saturated carbocycles. The number of cyclic esters (lactones) is 1. The van der Waals surface area contributed by atoms with Gasteiger partial charge in [0.25, 0.3) is 0 Å². The van der Waals surface area contributed by atoms with Gasteiger partial charge in [0.05, 0.1) is 35.8 Å². The second-order valence-electron chi connectivity index (χ2n) is 13.4. The van der Waals surface area contributed by atoms with Gasteiger partial charge in [0.2, 0.25) is 11.8 Å². The van der Waals surface area contributed by atoms with Crippen LogP contribution in [0.3, 0.4) is 0 Å². The Labute approximate surface area is 232 Å². The maximum atomic E-state index is 14.7. The molecule has 4 rings (SSSR count). The predicted octanol–water partition coefficient (Wildman–Crippen LogP) is 4.20. The molecule has 1 N–H and O–H groups in total. The summed E-state index contributed by atoms with van der Waals surface area (Å²) >= 11 is 1.56. The van der Waals surface area contributed by atoms with Crippen molar-refractivity contribution in [3.05, 3.63) is 24.3 Å². The molecule has 2 fully saturated rings. The summed E-state index contributed by atoms with van der Waals surface area (Å²) < 4.78 is 4.75. The van der Waals surface area contributed by atoms with Crippen LogP contribution in [0.1, 0.15) is 74.1 Å². The van der Waals surface area contributed by atoms with Crippen molar-refractivity contribution in [2.75, 3.05) is 19.8 Å². The van der Waals surface area contributed by atoms with Gasteiger partial charge in [-0.15, -0.1) is 11.8 Å². The number of thioether (sulfide) groups is 1. The van der Waals surface area contributed by atoms with Gasteiger partial charge in [-0.3, -0.25) is 14.4 Å². The molecule has 7 atom stereocenters. The Balaban J connectivity index is 1.87. The molecule has 212 valence electrons. The second kappa shape index (κ2) is 10.6. The van der Waals surface area contributed by atoms with Crippen molar-refractivity contribution >= 4 is 29.5 Å². The van der Waals surface area contributed by atoms with E-state index in [-0.39, 0.29) is 41.0 Å². The van der Waals surface area contributed by atoms with Crippen molar-refractivity contribution in [3.63, 3.8) is 0 Å². The topological polar surface area (TPSA) is 87.2 Å². The van der Waals surface area contributed by atoms with Crippen LogP contribution in [0.15, 0.2) is 24.3 Å². The maximum Gasteiger partial charge on any atom is 0.311 e. The zero-order valence-corrected chi connectivity index (χ0v) is 24.9. The van der Waals surface area contributed by atoms with Gasteiger partial charge in [0.1, 0.15) is 6.04 Å². The smallest absolute Gasteiger partial charge is 0.311 e. The average molecular weight is 547 g/mol. The standard InChI is InChI=1S/C30H46N2O5S/c1-8-19(2)20(17-33)32-24-26(35)31(29(6,7)18-28(3,4)5)15-12-14-30(24)23(25(32)34)22-21(38-30)13-10-9-11-16-37-27(22)36/h10,12-14,19-24,33H,8-9,11,15-18H2,1-7H3/b13-10-/t19-,20-,21-,22+,23-,24?,30-/m0/s1. The molecule has 2 saturated heterocycles. The number of carbonyl (C=O) groups excluding carboxylic acids is 3. The van der Waals surface area contributed by atoms with Crippen LogP contribution in [0.5, 0.6) is 0 Å². The molecule has 0 aliphatic carbocycles. The molecule has 4 aliphatic rings. The van der Waals surface area contributed by atoms with E-state index in [1.807, 2.05) is 37.0 Å². The number of likely N-dealkylation sites (tertiary alicyclic amines) is 1. The van der Waals surface area contributed by atoms with Gasteiger partial charge in [0, 0.05) is 17.3 Å². The molecule has 1 unspecified atom stereocenters. The molecule has 0 aromatic carbocycles. The molecule has 0 aromatic heterocycles. The van der Waals surface area contributed by atoms with Gasteiger partial charge >= 0.3 is 5.97 Å². The second-order valence-corrected chi connectivity index (χ2v) is 14.8. The normalized spacial score (nSPS) is 34.4. The number of carbonyl (C=O) groups is 3. The fraction of sp³-hybridized carbons (Fsp3) is 0.767. The molecule has 38 heavy (non-hydrogen) atoms. The Morgan fingerprint density at radius 2 is 1.87 bits per heavy atom. The molecule has 1 spiro atoms. The number of aliphatic hydroxyl groups is 1. The first-order valence-corrected chi connectivity index (χ1v) is 15.1. The Kier molecular flexibility index (Phi) is 8.17. The van der Waals surface area contributed by atoms with E-state index in [1.165, 1.54) is 0 Å². The minimum atomic E-state index is -0.903. The van der Waals surface area contributed by atoms with Crippen LogP contribution in [0.25, 0.3) is 0 Å². The average Bonchev–Trinajstić information content (AvgIpc) is 3.22. The third-order valence-corrected chi connectivity index (χ3v) is 10.6. The summed E-state index contributed by atoms with van der Waals surface area (Å²) in [6.07, 6.45) is 11.3. The molecule has 8 heteroatoms. The number of rotatable bonds is 6. The number of fused-ring (bicyclic) bond motifs is 2. The third kappa shape index (κ3) is 4.96. The fourth-order valence-corrected chi connectivity index (χ4v) is 9.29. The van der Waals surface area contributed by atoms with Crippen molar-refractivity contribution < 1.29 is 24.2 Å². The van der Waals surface area contributed by atoms with E-state index in [4.69, 9.17) is 4.74 Å². The summed E-state index contributed by atoms with van der Waals surface area (Å²) in [6.45, 7) is 15.3. The monoisotopic (exact) mass is 546 g/mol. The van der Waals surface area contributed by atoms with Crippen molar-refractivity contribution in [3.8, 4) is 0 Å². The van der Waals surface area contributed by atoms with Crippen molar-refractivity contribution in [1.82, 2.24) is 9.80 Å². The minimum Gasteiger partial charge on any atom is -0.465 e. The quantitative estimate of drug-likeness (QED) is 0.397. The van der Waals surface area contributed by atoms with Crippen molar-refractivity contribution in [2.45, 2.75) is 102 Å². The highest BCUT2D eigenvalue weighted by Crippen LogP contribution is 2.61. The van der Waals surface area contributed by atoms with Crippen LogP contribution in [0.4, 0.5) is 0 Å². The lowest BCUT2D eigenvalue weighted by atomic mass is 9.78. The number of esters is 1. The summed E-state index contributed by atoms with van der Waals surface area (Å²) in [6, 6.07) is -1.31. The van der Waals surface area contributed by atoms with Crippen LogP contribution in [-0.2, 0) is 19.1 Å². The molecular weight excluding hydrogens is 500 g/mol. The Morgan fingerprint density at radius 1 is 1.16 bits per heavy atom. The summed E-state index contributed by atoms with van der Waals surface area (Å²) in [4.78, 5) is 46.2. The lowest BCUT2D eigenvalue weighted by Crippen LogP contribution is -2.61. The first-order valence-electron chi connectivity index (χ1n) is 14.2. The zero-order chi connectivity index (χ0) is 28.0. The van der Waals surface area contributed by atoms with E-state index < -0.39 is 34.2 Å². The lowest BCUT2D eigenvalue weighted by Gasteiger charge is -2.46. The number of allylic oxidation sites excluding steroid dienone is 1.